The lowest BCUT2D eigenvalue weighted by Crippen LogP contribution is -2.02. The van der Waals surface area contributed by atoms with E-state index in [0.717, 1.165) is 30.1 Å². The van der Waals surface area contributed by atoms with Gasteiger partial charge in [-0.25, -0.2) is 4.98 Å². The molecule has 0 bridgehead atoms. The van der Waals surface area contributed by atoms with Crippen LogP contribution >= 0.6 is 11.3 Å². The second kappa shape index (κ2) is 6.52. The highest BCUT2D eigenvalue weighted by molar-refractivity contribution is 7.13. The molecule has 0 aliphatic carbocycles. The van der Waals surface area contributed by atoms with Gasteiger partial charge in [0.2, 0.25) is 0 Å². The summed E-state index contributed by atoms with van der Waals surface area (Å²) in [6.07, 6.45) is 2.99. The Kier molecular flexibility index (Phi) is 4.73. The molecule has 2 rings (SSSR count). The van der Waals surface area contributed by atoms with Gasteiger partial charge < -0.3 is 11.1 Å². The first-order valence-corrected chi connectivity index (χ1v) is 7.10. The zero-order chi connectivity index (χ0) is 12.8. The van der Waals surface area contributed by atoms with Crippen LogP contribution in [-0.4, -0.2) is 18.6 Å². The predicted octanol–water partition coefficient (Wildman–Crippen LogP) is 2.47. The summed E-state index contributed by atoms with van der Waals surface area (Å²) in [4.78, 5) is 4.48. The van der Waals surface area contributed by atoms with Crippen LogP contribution in [0.3, 0.4) is 0 Å². The molecule has 0 unspecified atom stereocenters. The maximum absolute atomic E-state index is 5.54. The number of aryl methyl sites for hydroxylation is 2. The molecule has 0 saturated heterocycles. The third-order valence-electron chi connectivity index (χ3n) is 2.89. The molecule has 0 saturated carbocycles. The van der Waals surface area contributed by atoms with Crippen LogP contribution in [0.25, 0.3) is 0 Å². The van der Waals surface area contributed by atoms with E-state index < -0.39 is 0 Å². The van der Waals surface area contributed by atoms with Gasteiger partial charge in [-0.2, -0.15) is 0 Å². The van der Waals surface area contributed by atoms with Crippen molar-refractivity contribution in [1.29, 1.82) is 0 Å². The third kappa shape index (κ3) is 3.55. The average Bonchev–Trinajstić information content (AvgIpc) is 2.86. The molecule has 0 radical (unpaired) electrons. The quantitative estimate of drug-likeness (QED) is 0.840. The number of rotatable bonds is 6. The topological polar surface area (TPSA) is 50.9 Å². The van der Waals surface area contributed by atoms with Crippen LogP contribution in [-0.2, 0) is 19.3 Å². The molecule has 3 N–H and O–H groups in total. The van der Waals surface area contributed by atoms with Crippen molar-refractivity contribution in [3.8, 4) is 0 Å². The zero-order valence-electron chi connectivity index (χ0n) is 10.6. The normalized spacial score (nSPS) is 10.6. The van der Waals surface area contributed by atoms with E-state index in [1.807, 2.05) is 7.05 Å². The lowest BCUT2D eigenvalue weighted by molar-refractivity contribution is 0.920. The van der Waals surface area contributed by atoms with Gasteiger partial charge in [0.05, 0.1) is 5.69 Å². The number of benzene rings is 1. The molecule has 1 aromatic heterocycles. The summed E-state index contributed by atoms with van der Waals surface area (Å²) in [5, 5.41) is 6.17. The fourth-order valence-electron chi connectivity index (χ4n) is 1.85. The Morgan fingerprint density at radius 1 is 1.11 bits per heavy atom. The highest BCUT2D eigenvalue weighted by atomic mass is 32.1. The number of thiazole rings is 1. The molecule has 3 nitrogen and oxygen atoms in total. The summed E-state index contributed by atoms with van der Waals surface area (Å²) in [5.74, 6) is 0. The van der Waals surface area contributed by atoms with Gasteiger partial charge >= 0.3 is 0 Å². The summed E-state index contributed by atoms with van der Waals surface area (Å²) in [6.45, 7) is 0.713. The summed E-state index contributed by atoms with van der Waals surface area (Å²) in [6, 6.07) is 8.72. The van der Waals surface area contributed by atoms with Crippen molar-refractivity contribution < 1.29 is 0 Å². The van der Waals surface area contributed by atoms with Crippen LogP contribution in [0, 0.1) is 0 Å². The summed E-state index contributed by atoms with van der Waals surface area (Å²) in [7, 11) is 1.90. The molecule has 1 aromatic carbocycles. The number of nitrogens with one attached hydrogen (secondary N) is 1. The Morgan fingerprint density at radius 3 is 2.33 bits per heavy atom. The molecule has 18 heavy (non-hydrogen) atoms. The van der Waals surface area contributed by atoms with Crippen LogP contribution in [0.4, 0.5) is 5.13 Å². The summed E-state index contributed by atoms with van der Waals surface area (Å²) in [5.41, 5.74) is 9.37. The highest BCUT2D eigenvalue weighted by Gasteiger charge is 2.01. The smallest absolute Gasteiger partial charge is 0.182 e. The Hall–Kier alpha value is -1.39. The van der Waals surface area contributed by atoms with Crippen molar-refractivity contribution in [3.05, 3.63) is 46.5 Å². The number of aromatic nitrogens is 1. The Bertz CT molecular complexity index is 476. The molecule has 4 heteroatoms. The van der Waals surface area contributed by atoms with E-state index in [-0.39, 0.29) is 0 Å². The van der Waals surface area contributed by atoms with E-state index in [1.54, 1.807) is 11.3 Å². The summed E-state index contributed by atoms with van der Waals surface area (Å²) < 4.78 is 0. The Balaban J connectivity index is 1.89. The van der Waals surface area contributed by atoms with Crippen molar-refractivity contribution >= 4 is 16.5 Å². The molecule has 0 atom stereocenters. The molecule has 2 aromatic rings. The van der Waals surface area contributed by atoms with Gasteiger partial charge in [-0.15, -0.1) is 11.3 Å². The van der Waals surface area contributed by atoms with Gasteiger partial charge in [0, 0.05) is 12.4 Å². The van der Waals surface area contributed by atoms with Gasteiger partial charge in [-0.1, -0.05) is 24.3 Å². The lowest BCUT2D eigenvalue weighted by Gasteiger charge is -2.02. The largest absolute Gasteiger partial charge is 0.365 e. The monoisotopic (exact) mass is 261 g/mol. The van der Waals surface area contributed by atoms with Crippen molar-refractivity contribution in [3.63, 3.8) is 0 Å². The SMILES string of the molecule is CNc1nc(CCc2ccc(CCN)cc2)cs1. The minimum atomic E-state index is 0.713. The van der Waals surface area contributed by atoms with Crippen LogP contribution in [0.15, 0.2) is 29.6 Å². The predicted molar refractivity (Wildman–Crippen MR) is 78.3 cm³/mol. The summed E-state index contributed by atoms with van der Waals surface area (Å²) >= 11 is 1.66. The molecule has 0 aliphatic rings. The lowest BCUT2D eigenvalue weighted by atomic mass is 10.1. The van der Waals surface area contributed by atoms with Gasteiger partial charge in [0.25, 0.3) is 0 Å². The fourth-order valence-corrected chi connectivity index (χ4v) is 2.55. The number of hydrogen-bond donors (Lipinski definition) is 2. The Morgan fingerprint density at radius 2 is 1.78 bits per heavy atom. The maximum atomic E-state index is 5.54. The van der Waals surface area contributed by atoms with Crippen molar-refractivity contribution in [1.82, 2.24) is 4.98 Å². The second-order valence-electron chi connectivity index (χ2n) is 4.25. The van der Waals surface area contributed by atoms with Crippen molar-refractivity contribution in [2.75, 3.05) is 18.9 Å². The average molecular weight is 261 g/mol. The number of nitrogens with two attached hydrogens (primary N) is 1. The molecule has 96 valence electrons. The van der Waals surface area contributed by atoms with Crippen LogP contribution < -0.4 is 11.1 Å². The molecular weight excluding hydrogens is 242 g/mol. The van der Waals surface area contributed by atoms with E-state index >= 15 is 0 Å². The third-order valence-corrected chi connectivity index (χ3v) is 3.80. The van der Waals surface area contributed by atoms with Crippen LogP contribution in [0.5, 0.6) is 0 Å². The van der Waals surface area contributed by atoms with Crippen LogP contribution in [0.2, 0.25) is 0 Å². The number of nitrogens with zero attached hydrogens (tertiary/aromatic N) is 1. The van der Waals surface area contributed by atoms with Gasteiger partial charge in [-0.3, -0.25) is 0 Å². The maximum Gasteiger partial charge on any atom is 0.182 e. The standard InChI is InChI=1S/C14H19N3S/c1-16-14-17-13(10-18-14)7-6-11-2-4-12(5-3-11)8-9-15/h2-5,10H,6-9,15H2,1H3,(H,16,17). The fraction of sp³-hybridized carbons (Fsp3) is 0.357. The van der Waals surface area contributed by atoms with Crippen molar-refractivity contribution in [2.45, 2.75) is 19.3 Å². The van der Waals surface area contributed by atoms with E-state index in [9.17, 15) is 0 Å². The van der Waals surface area contributed by atoms with E-state index in [4.69, 9.17) is 5.73 Å². The number of hydrogen-bond acceptors (Lipinski definition) is 4. The first kappa shape index (κ1) is 13.1. The van der Waals surface area contributed by atoms with Crippen molar-refractivity contribution in [2.24, 2.45) is 5.73 Å². The molecule has 0 fully saturated rings. The molecule has 0 amide bonds. The minimum Gasteiger partial charge on any atom is -0.365 e. The first-order chi connectivity index (χ1) is 8.81. The van der Waals surface area contributed by atoms with E-state index in [2.05, 4.69) is 39.9 Å². The van der Waals surface area contributed by atoms with Gasteiger partial charge in [0.15, 0.2) is 5.13 Å². The zero-order valence-corrected chi connectivity index (χ0v) is 11.5. The molecule has 0 aliphatic heterocycles. The van der Waals surface area contributed by atoms with Gasteiger partial charge in [-0.05, 0) is 36.9 Å². The van der Waals surface area contributed by atoms with E-state index in [0.29, 0.717) is 6.54 Å². The van der Waals surface area contributed by atoms with Crippen LogP contribution in [0.1, 0.15) is 16.8 Å². The molecule has 1 heterocycles. The Labute approximate surface area is 112 Å². The molecular formula is C14H19N3S. The highest BCUT2D eigenvalue weighted by Crippen LogP contribution is 2.16. The van der Waals surface area contributed by atoms with E-state index in [1.165, 1.54) is 11.1 Å². The minimum absolute atomic E-state index is 0.713. The second-order valence-corrected chi connectivity index (χ2v) is 5.11. The molecule has 0 spiro atoms. The first-order valence-electron chi connectivity index (χ1n) is 6.22. The van der Waals surface area contributed by atoms with Gasteiger partial charge in [0.1, 0.15) is 0 Å². The number of anilines is 1.